The van der Waals surface area contributed by atoms with Gasteiger partial charge < -0.3 is 5.73 Å². The number of anilines is 1. The fraction of sp³-hybridized carbons (Fsp3) is 0.143. The third-order valence-corrected chi connectivity index (χ3v) is 1.49. The molecule has 3 nitrogen and oxygen atoms in total. The predicted molar refractivity (Wildman–Crippen MR) is 39.0 cm³/mol. The first-order chi connectivity index (χ1) is 6.07. The minimum absolute atomic E-state index is 0.0849. The zero-order valence-corrected chi connectivity index (χ0v) is 6.30. The number of aromatic nitrogens is 1. The molecule has 0 saturated carbocycles. The number of rotatable bonds is 2. The predicted octanol–water partition coefficient (Wildman–Crippen LogP) is 1.55. The summed E-state index contributed by atoms with van der Waals surface area (Å²) in [7, 11) is 0. The summed E-state index contributed by atoms with van der Waals surface area (Å²) < 4.78 is 36.9. The number of halogens is 3. The van der Waals surface area contributed by atoms with Gasteiger partial charge in [-0.3, -0.25) is 4.79 Å². The standard InChI is InChI=1S/C7H5F3N2O/c8-6(9)3-1-12-7(10)5(11)4(3)2-13/h1-2,6H,11H2. The van der Waals surface area contributed by atoms with Gasteiger partial charge in [-0.1, -0.05) is 0 Å². The number of alkyl halides is 2. The molecule has 0 amide bonds. The number of carbonyl (C=O) groups excluding carboxylic acids is 1. The number of nitrogen functional groups attached to an aromatic ring is 1. The van der Waals surface area contributed by atoms with E-state index in [0.29, 0.717) is 6.20 Å². The summed E-state index contributed by atoms with van der Waals surface area (Å²) in [4.78, 5) is 13.3. The summed E-state index contributed by atoms with van der Waals surface area (Å²) in [6.07, 6.45) is -2.21. The largest absolute Gasteiger partial charge is 0.394 e. The molecule has 0 fully saturated rings. The molecule has 70 valence electrons. The molecule has 1 heterocycles. The Labute approximate surface area is 71.4 Å². The summed E-state index contributed by atoms with van der Waals surface area (Å²) in [6.45, 7) is 0. The third kappa shape index (κ3) is 1.61. The van der Waals surface area contributed by atoms with Crippen molar-refractivity contribution in [1.29, 1.82) is 0 Å². The molecule has 6 heteroatoms. The van der Waals surface area contributed by atoms with Gasteiger partial charge in [-0.05, 0) is 0 Å². The normalized spacial score (nSPS) is 10.5. The molecule has 1 rings (SSSR count). The van der Waals surface area contributed by atoms with Gasteiger partial charge in [0.2, 0.25) is 5.95 Å². The average molecular weight is 190 g/mol. The molecule has 0 spiro atoms. The molecule has 1 aromatic rings. The van der Waals surface area contributed by atoms with E-state index in [9.17, 15) is 18.0 Å². The number of nitrogens with two attached hydrogens (primary N) is 1. The third-order valence-electron chi connectivity index (χ3n) is 1.49. The van der Waals surface area contributed by atoms with E-state index in [1.807, 2.05) is 0 Å². The van der Waals surface area contributed by atoms with Crippen LogP contribution in [0, 0.1) is 5.95 Å². The maximum Gasteiger partial charge on any atom is 0.266 e. The molecule has 0 saturated heterocycles. The van der Waals surface area contributed by atoms with Crippen molar-refractivity contribution in [3.8, 4) is 0 Å². The Morgan fingerprint density at radius 3 is 2.62 bits per heavy atom. The van der Waals surface area contributed by atoms with Crippen molar-refractivity contribution in [3.63, 3.8) is 0 Å². The van der Waals surface area contributed by atoms with Gasteiger partial charge >= 0.3 is 0 Å². The molecule has 1 aromatic heterocycles. The van der Waals surface area contributed by atoms with E-state index in [4.69, 9.17) is 5.73 Å². The van der Waals surface area contributed by atoms with Crippen LogP contribution in [0.2, 0.25) is 0 Å². The van der Waals surface area contributed by atoms with Crippen LogP contribution in [0.3, 0.4) is 0 Å². The quantitative estimate of drug-likeness (QED) is 0.568. The number of nitrogens with zero attached hydrogens (tertiary/aromatic N) is 1. The van der Waals surface area contributed by atoms with Crippen molar-refractivity contribution in [3.05, 3.63) is 23.3 Å². The van der Waals surface area contributed by atoms with Gasteiger partial charge in [0, 0.05) is 11.8 Å². The summed E-state index contributed by atoms with van der Waals surface area (Å²) in [5, 5.41) is 0. The van der Waals surface area contributed by atoms with E-state index in [-0.39, 0.29) is 6.29 Å². The Morgan fingerprint density at radius 2 is 2.15 bits per heavy atom. The molecule has 0 aliphatic rings. The van der Waals surface area contributed by atoms with Crippen molar-refractivity contribution in [2.75, 3.05) is 5.73 Å². The van der Waals surface area contributed by atoms with Gasteiger partial charge in [-0.2, -0.15) is 4.39 Å². The number of aldehydes is 1. The molecule has 2 N–H and O–H groups in total. The minimum Gasteiger partial charge on any atom is -0.394 e. The summed E-state index contributed by atoms with van der Waals surface area (Å²) >= 11 is 0. The molecule has 0 aliphatic carbocycles. The van der Waals surface area contributed by atoms with Crippen LogP contribution in [0.1, 0.15) is 22.3 Å². The average Bonchev–Trinajstić information content (AvgIpc) is 2.09. The van der Waals surface area contributed by atoms with Crippen molar-refractivity contribution >= 4 is 12.0 Å². The van der Waals surface area contributed by atoms with Gasteiger partial charge in [0.25, 0.3) is 6.43 Å². The fourth-order valence-electron chi connectivity index (χ4n) is 0.837. The van der Waals surface area contributed by atoms with Crippen molar-refractivity contribution < 1.29 is 18.0 Å². The molecule has 0 aliphatic heterocycles. The zero-order chi connectivity index (χ0) is 10.0. The Hall–Kier alpha value is -1.59. The van der Waals surface area contributed by atoms with Gasteiger partial charge in [0.15, 0.2) is 6.29 Å². The second kappa shape index (κ2) is 3.42. The van der Waals surface area contributed by atoms with Crippen LogP contribution in [0.15, 0.2) is 6.20 Å². The van der Waals surface area contributed by atoms with Crippen molar-refractivity contribution in [2.45, 2.75) is 6.43 Å². The highest BCUT2D eigenvalue weighted by atomic mass is 19.3. The lowest BCUT2D eigenvalue weighted by molar-refractivity contribution is 0.110. The van der Waals surface area contributed by atoms with E-state index in [2.05, 4.69) is 4.98 Å². The number of hydrogen-bond donors (Lipinski definition) is 1. The number of hydrogen-bond acceptors (Lipinski definition) is 3. The monoisotopic (exact) mass is 190 g/mol. The van der Waals surface area contributed by atoms with Crippen LogP contribution in [0.4, 0.5) is 18.9 Å². The van der Waals surface area contributed by atoms with E-state index in [0.717, 1.165) is 0 Å². The number of pyridine rings is 1. The first kappa shape index (κ1) is 9.50. The molecular weight excluding hydrogens is 185 g/mol. The second-order valence-corrected chi connectivity index (χ2v) is 2.25. The van der Waals surface area contributed by atoms with E-state index in [1.165, 1.54) is 0 Å². The smallest absolute Gasteiger partial charge is 0.266 e. The van der Waals surface area contributed by atoms with E-state index in [1.54, 1.807) is 0 Å². The first-order valence-electron chi connectivity index (χ1n) is 3.25. The lowest BCUT2D eigenvalue weighted by Crippen LogP contribution is -2.04. The first-order valence-corrected chi connectivity index (χ1v) is 3.25. The van der Waals surface area contributed by atoms with Gasteiger partial charge in [-0.15, -0.1) is 0 Å². The molecule has 13 heavy (non-hydrogen) atoms. The fourth-order valence-corrected chi connectivity index (χ4v) is 0.837. The van der Waals surface area contributed by atoms with Crippen molar-refractivity contribution in [1.82, 2.24) is 4.98 Å². The highest BCUT2D eigenvalue weighted by molar-refractivity contribution is 5.85. The SMILES string of the molecule is Nc1c(F)ncc(C(F)F)c1C=O. The van der Waals surface area contributed by atoms with Gasteiger partial charge in [0.1, 0.15) is 0 Å². The molecule has 0 radical (unpaired) electrons. The van der Waals surface area contributed by atoms with Crippen LogP contribution in [-0.4, -0.2) is 11.3 Å². The number of carbonyl (C=O) groups is 1. The Morgan fingerprint density at radius 1 is 1.54 bits per heavy atom. The van der Waals surface area contributed by atoms with E-state index >= 15 is 0 Å². The summed E-state index contributed by atoms with van der Waals surface area (Å²) in [5.41, 5.74) is 3.19. The molecular formula is C7H5F3N2O. The summed E-state index contributed by atoms with van der Waals surface area (Å²) in [6, 6.07) is 0. The highest BCUT2D eigenvalue weighted by Crippen LogP contribution is 2.25. The Bertz CT molecular complexity index is 341. The van der Waals surface area contributed by atoms with E-state index < -0.39 is 29.2 Å². The van der Waals surface area contributed by atoms with Crippen LogP contribution in [0.25, 0.3) is 0 Å². The van der Waals surface area contributed by atoms with Crippen LogP contribution < -0.4 is 5.73 Å². The van der Waals surface area contributed by atoms with Gasteiger partial charge in [-0.25, -0.2) is 13.8 Å². The Kier molecular flexibility index (Phi) is 2.50. The second-order valence-electron chi connectivity index (χ2n) is 2.25. The van der Waals surface area contributed by atoms with Crippen LogP contribution in [-0.2, 0) is 0 Å². The minimum atomic E-state index is -2.89. The highest BCUT2D eigenvalue weighted by Gasteiger charge is 2.18. The molecule has 0 atom stereocenters. The maximum absolute atomic E-state index is 12.6. The molecule has 0 bridgehead atoms. The topological polar surface area (TPSA) is 56.0 Å². The van der Waals surface area contributed by atoms with Crippen molar-refractivity contribution in [2.24, 2.45) is 0 Å². The Balaban J connectivity index is 3.38. The van der Waals surface area contributed by atoms with Gasteiger partial charge in [0.05, 0.1) is 11.3 Å². The van der Waals surface area contributed by atoms with Crippen LogP contribution in [0.5, 0.6) is 0 Å². The zero-order valence-electron chi connectivity index (χ0n) is 6.30. The maximum atomic E-state index is 12.6. The molecule has 0 unspecified atom stereocenters. The summed E-state index contributed by atoms with van der Waals surface area (Å²) in [5.74, 6) is -1.12. The molecule has 0 aromatic carbocycles. The lowest BCUT2D eigenvalue weighted by atomic mass is 10.1. The lowest BCUT2D eigenvalue weighted by Gasteiger charge is -2.05. The van der Waals surface area contributed by atoms with Crippen LogP contribution >= 0.6 is 0 Å².